The van der Waals surface area contributed by atoms with E-state index in [1.54, 1.807) is 20.5 Å². The third kappa shape index (κ3) is 3.85. The number of aromatic nitrogens is 2. The van der Waals surface area contributed by atoms with Gasteiger partial charge in [-0.3, -0.25) is 0 Å². The van der Waals surface area contributed by atoms with E-state index in [9.17, 15) is 0 Å². The lowest BCUT2D eigenvalue weighted by Crippen LogP contribution is -2.17. The minimum absolute atomic E-state index is 0.680. The fraction of sp³-hybridized carbons (Fsp3) is 0.200. The van der Waals surface area contributed by atoms with Crippen LogP contribution in [0.5, 0.6) is 11.5 Å². The summed E-state index contributed by atoms with van der Waals surface area (Å²) in [5, 5.41) is 3.29. The van der Waals surface area contributed by atoms with Crippen LogP contribution in [-0.2, 0) is 0 Å². The first-order valence-corrected chi connectivity index (χ1v) is 8.38. The molecule has 0 radical (unpaired) electrons. The van der Waals surface area contributed by atoms with Crippen molar-refractivity contribution in [3.05, 3.63) is 60.9 Å². The van der Waals surface area contributed by atoms with Crippen LogP contribution >= 0.6 is 0 Å². The fourth-order valence-electron chi connectivity index (χ4n) is 2.69. The van der Waals surface area contributed by atoms with Crippen LogP contribution in [0.1, 0.15) is 6.92 Å². The maximum absolute atomic E-state index is 5.43. The van der Waals surface area contributed by atoms with Crippen molar-refractivity contribution in [2.45, 2.75) is 6.92 Å². The molecule has 2 aromatic carbocycles. The molecule has 0 aliphatic heterocycles. The first-order valence-electron chi connectivity index (χ1n) is 8.38. The van der Waals surface area contributed by atoms with E-state index >= 15 is 0 Å². The first-order chi connectivity index (χ1) is 12.7. The van der Waals surface area contributed by atoms with Crippen molar-refractivity contribution >= 4 is 23.0 Å². The Balaban J connectivity index is 1.88. The maximum atomic E-state index is 5.43. The van der Waals surface area contributed by atoms with E-state index in [1.165, 1.54) is 0 Å². The molecule has 1 N–H and O–H groups in total. The monoisotopic (exact) mass is 350 g/mol. The molecule has 0 amide bonds. The lowest BCUT2D eigenvalue weighted by Gasteiger charge is -2.22. The molecule has 6 heteroatoms. The van der Waals surface area contributed by atoms with Crippen molar-refractivity contribution in [1.82, 2.24) is 9.97 Å². The second kappa shape index (κ2) is 8.20. The number of benzene rings is 2. The minimum Gasteiger partial charge on any atom is -0.497 e. The van der Waals surface area contributed by atoms with Crippen LogP contribution in [0.25, 0.3) is 0 Å². The van der Waals surface area contributed by atoms with Gasteiger partial charge in [0.25, 0.3) is 0 Å². The van der Waals surface area contributed by atoms with Crippen LogP contribution in [0, 0.1) is 0 Å². The molecular formula is C20H22N4O2. The highest BCUT2D eigenvalue weighted by Crippen LogP contribution is 2.32. The number of para-hydroxylation sites is 1. The zero-order valence-corrected chi connectivity index (χ0v) is 15.1. The normalized spacial score (nSPS) is 10.3. The number of hydrogen-bond acceptors (Lipinski definition) is 6. The Morgan fingerprint density at radius 2 is 1.77 bits per heavy atom. The van der Waals surface area contributed by atoms with Gasteiger partial charge in [0.05, 0.1) is 19.9 Å². The maximum Gasteiger partial charge on any atom is 0.146 e. The number of hydrogen-bond donors (Lipinski definition) is 1. The van der Waals surface area contributed by atoms with Gasteiger partial charge in [0.2, 0.25) is 0 Å². The number of anilines is 4. The Kier molecular flexibility index (Phi) is 5.53. The lowest BCUT2D eigenvalue weighted by atomic mass is 10.2. The van der Waals surface area contributed by atoms with Gasteiger partial charge in [-0.2, -0.15) is 0 Å². The highest BCUT2D eigenvalue weighted by atomic mass is 16.5. The van der Waals surface area contributed by atoms with Crippen molar-refractivity contribution in [2.75, 3.05) is 31.0 Å². The second-order valence-electron chi connectivity index (χ2n) is 5.53. The predicted molar refractivity (Wildman–Crippen MR) is 104 cm³/mol. The van der Waals surface area contributed by atoms with E-state index in [2.05, 4.69) is 39.2 Å². The fourth-order valence-corrected chi connectivity index (χ4v) is 2.69. The topological polar surface area (TPSA) is 59.5 Å². The standard InChI is InChI=1S/C20H22N4O2/c1-4-24(15-8-6-5-7-9-15)20-13-19(21-14-22-20)23-17-11-10-16(25-2)12-18(17)26-3/h5-14H,4H2,1-3H3,(H,21,22,23). The van der Waals surface area contributed by atoms with Gasteiger partial charge in [-0.15, -0.1) is 0 Å². The van der Waals surface area contributed by atoms with Crippen LogP contribution in [0.3, 0.4) is 0 Å². The van der Waals surface area contributed by atoms with E-state index < -0.39 is 0 Å². The number of rotatable bonds is 7. The Labute approximate surface area is 153 Å². The van der Waals surface area contributed by atoms with Gasteiger partial charge in [0.1, 0.15) is 29.5 Å². The van der Waals surface area contributed by atoms with Crippen molar-refractivity contribution < 1.29 is 9.47 Å². The summed E-state index contributed by atoms with van der Waals surface area (Å²) >= 11 is 0. The minimum atomic E-state index is 0.680. The van der Waals surface area contributed by atoms with Gasteiger partial charge >= 0.3 is 0 Å². The largest absolute Gasteiger partial charge is 0.497 e. The Morgan fingerprint density at radius 1 is 0.962 bits per heavy atom. The van der Waals surface area contributed by atoms with Gasteiger partial charge in [-0.1, -0.05) is 18.2 Å². The number of nitrogens with one attached hydrogen (secondary N) is 1. The van der Waals surface area contributed by atoms with E-state index in [0.29, 0.717) is 11.6 Å². The van der Waals surface area contributed by atoms with Crippen molar-refractivity contribution in [3.8, 4) is 11.5 Å². The van der Waals surface area contributed by atoms with Crippen molar-refractivity contribution in [2.24, 2.45) is 0 Å². The number of ether oxygens (including phenoxy) is 2. The Hall–Kier alpha value is -3.28. The summed E-state index contributed by atoms with van der Waals surface area (Å²) in [4.78, 5) is 10.9. The lowest BCUT2D eigenvalue weighted by molar-refractivity contribution is 0.395. The zero-order chi connectivity index (χ0) is 18.4. The molecule has 0 atom stereocenters. The number of nitrogens with zero attached hydrogens (tertiary/aromatic N) is 3. The molecule has 26 heavy (non-hydrogen) atoms. The third-order valence-electron chi connectivity index (χ3n) is 3.98. The van der Waals surface area contributed by atoms with Gasteiger partial charge in [0, 0.05) is 24.4 Å². The van der Waals surface area contributed by atoms with E-state index in [-0.39, 0.29) is 0 Å². The smallest absolute Gasteiger partial charge is 0.146 e. The predicted octanol–water partition coefficient (Wildman–Crippen LogP) is 4.40. The SMILES string of the molecule is CCN(c1ccccc1)c1cc(Nc2ccc(OC)cc2OC)ncn1. The highest BCUT2D eigenvalue weighted by molar-refractivity contribution is 5.68. The van der Waals surface area contributed by atoms with Crippen molar-refractivity contribution in [1.29, 1.82) is 0 Å². The molecule has 134 valence electrons. The number of methoxy groups -OCH3 is 2. The summed E-state index contributed by atoms with van der Waals surface area (Å²) in [6, 6.07) is 17.7. The summed E-state index contributed by atoms with van der Waals surface area (Å²) in [5.41, 5.74) is 1.89. The van der Waals surface area contributed by atoms with Crippen molar-refractivity contribution in [3.63, 3.8) is 0 Å². The van der Waals surface area contributed by atoms with E-state index in [1.807, 2.05) is 42.5 Å². The summed E-state index contributed by atoms with van der Waals surface area (Å²) < 4.78 is 10.7. The molecule has 0 fully saturated rings. The average Bonchev–Trinajstić information content (AvgIpc) is 2.70. The molecule has 3 aromatic rings. The molecular weight excluding hydrogens is 328 g/mol. The van der Waals surface area contributed by atoms with Crippen LogP contribution < -0.4 is 19.7 Å². The zero-order valence-electron chi connectivity index (χ0n) is 15.1. The van der Waals surface area contributed by atoms with Crippen LogP contribution in [0.2, 0.25) is 0 Å². The molecule has 0 unspecified atom stereocenters. The molecule has 0 aliphatic carbocycles. The summed E-state index contributed by atoms with van der Waals surface area (Å²) in [6.45, 7) is 2.89. The molecule has 3 rings (SSSR count). The summed E-state index contributed by atoms with van der Waals surface area (Å²) in [5.74, 6) is 2.92. The molecule has 0 aliphatic rings. The second-order valence-corrected chi connectivity index (χ2v) is 5.53. The van der Waals surface area contributed by atoms with E-state index in [4.69, 9.17) is 9.47 Å². The molecule has 6 nitrogen and oxygen atoms in total. The van der Waals surface area contributed by atoms with Crippen LogP contribution in [0.15, 0.2) is 60.9 Å². The molecule has 0 saturated heterocycles. The first kappa shape index (κ1) is 17.5. The highest BCUT2D eigenvalue weighted by Gasteiger charge is 2.11. The van der Waals surface area contributed by atoms with Gasteiger partial charge < -0.3 is 19.7 Å². The quantitative estimate of drug-likeness (QED) is 0.682. The van der Waals surface area contributed by atoms with E-state index in [0.717, 1.165) is 29.5 Å². The summed E-state index contributed by atoms with van der Waals surface area (Å²) in [7, 11) is 3.25. The molecule has 1 aromatic heterocycles. The third-order valence-corrected chi connectivity index (χ3v) is 3.98. The molecule has 0 bridgehead atoms. The van der Waals surface area contributed by atoms with Crippen LogP contribution in [0.4, 0.5) is 23.0 Å². The summed E-state index contributed by atoms with van der Waals surface area (Å²) in [6.07, 6.45) is 1.55. The van der Waals surface area contributed by atoms with Gasteiger partial charge in [-0.05, 0) is 31.2 Å². The van der Waals surface area contributed by atoms with Crippen LogP contribution in [-0.4, -0.2) is 30.7 Å². The molecule has 0 spiro atoms. The molecule has 0 saturated carbocycles. The molecule has 1 heterocycles. The Bertz CT molecular complexity index is 855. The van der Waals surface area contributed by atoms with Gasteiger partial charge in [-0.25, -0.2) is 9.97 Å². The average molecular weight is 350 g/mol. The Morgan fingerprint density at radius 3 is 2.46 bits per heavy atom. The van der Waals surface area contributed by atoms with Gasteiger partial charge in [0.15, 0.2) is 0 Å².